The number of nitrogens with one attached hydrogen (secondary N) is 2. The Kier molecular flexibility index (Phi) is 8.18. The Bertz CT molecular complexity index is 897. The molecule has 152 valence electrons. The van der Waals surface area contributed by atoms with Gasteiger partial charge in [0.1, 0.15) is 11.5 Å². The molecule has 0 aliphatic heterocycles. The van der Waals surface area contributed by atoms with Crippen LogP contribution < -0.4 is 20.2 Å². The Morgan fingerprint density at radius 3 is 2.62 bits per heavy atom. The number of rotatable bonds is 9. The minimum absolute atomic E-state index is 0.209. The van der Waals surface area contributed by atoms with Crippen LogP contribution in [0.3, 0.4) is 0 Å². The molecule has 9 heteroatoms. The summed E-state index contributed by atoms with van der Waals surface area (Å²) in [7, 11) is 2.74. The SMILES string of the molecule is COC(=O)COc1cccc(C=NNC(=O)CNC(=O)c2ccccc2OC)c1. The first kappa shape index (κ1) is 21.4. The highest BCUT2D eigenvalue weighted by atomic mass is 16.6. The van der Waals surface area contributed by atoms with Crippen molar-refractivity contribution in [2.45, 2.75) is 0 Å². The zero-order valence-corrected chi connectivity index (χ0v) is 16.0. The van der Waals surface area contributed by atoms with E-state index in [0.717, 1.165) is 0 Å². The molecule has 0 aromatic heterocycles. The number of hydrogen-bond donors (Lipinski definition) is 2. The molecule has 0 fully saturated rings. The molecule has 0 saturated carbocycles. The van der Waals surface area contributed by atoms with Crippen LogP contribution in [0.5, 0.6) is 11.5 Å². The number of amides is 2. The zero-order valence-electron chi connectivity index (χ0n) is 16.0. The highest BCUT2D eigenvalue weighted by Crippen LogP contribution is 2.16. The molecule has 0 spiro atoms. The molecule has 9 nitrogen and oxygen atoms in total. The van der Waals surface area contributed by atoms with Crippen LogP contribution in [0.4, 0.5) is 0 Å². The van der Waals surface area contributed by atoms with E-state index in [-0.39, 0.29) is 13.2 Å². The Labute approximate surface area is 167 Å². The third-order valence-corrected chi connectivity index (χ3v) is 3.61. The van der Waals surface area contributed by atoms with Crippen molar-refractivity contribution >= 4 is 24.0 Å². The fourth-order valence-corrected chi connectivity index (χ4v) is 2.19. The normalized spacial score (nSPS) is 10.3. The average Bonchev–Trinajstić information content (AvgIpc) is 2.76. The maximum atomic E-state index is 12.1. The minimum Gasteiger partial charge on any atom is -0.496 e. The standard InChI is InChI=1S/C20H21N3O6/c1-27-17-9-4-3-8-16(17)20(26)21-12-18(24)23-22-11-14-6-5-7-15(10-14)29-13-19(25)28-2/h3-11H,12-13H2,1-2H3,(H,21,26)(H,23,24). The van der Waals surface area contributed by atoms with E-state index in [2.05, 4.69) is 20.6 Å². The molecular weight excluding hydrogens is 378 g/mol. The average molecular weight is 399 g/mol. The summed E-state index contributed by atoms with van der Waals surface area (Å²) in [5, 5.41) is 6.33. The summed E-state index contributed by atoms with van der Waals surface area (Å²) in [6.07, 6.45) is 1.41. The third kappa shape index (κ3) is 6.98. The highest BCUT2D eigenvalue weighted by molar-refractivity contribution is 5.98. The van der Waals surface area contributed by atoms with E-state index in [4.69, 9.17) is 9.47 Å². The molecule has 0 radical (unpaired) electrons. The lowest BCUT2D eigenvalue weighted by atomic mass is 10.2. The number of hydrazone groups is 1. The second-order valence-electron chi connectivity index (χ2n) is 5.61. The van der Waals surface area contributed by atoms with Crippen molar-refractivity contribution in [1.82, 2.24) is 10.7 Å². The van der Waals surface area contributed by atoms with Gasteiger partial charge in [0.2, 0.25) is 0 Å². The van der Waals surface area contributed by atoms with Gasteiger partial charge in [-0.25, -0.2) is 10.2 Å². The van der Waals surface area contributed by atoms with Gasteiger partial charge in [-0.2, -0.15) is 5.10 Å². The van der Waals surface area contributed by atoms with Crippen molar-refractivity contribution in [3.05, 3.63) is 59.7 Å². The molecule has 29 heavy (non-hydrogen) atoms. The van der Waals surface area contributed by atoms with Crippen LogP contribution in [0.1, 0.15) is 15.9 Å². The van der Waals surface area contributed by atoms with Gasteiger partial charge < -0.3 is 19.5 Å². The molecule has 0 saturated heterocycles. The van der Waals surface area contributed by atoms with Crippen LogP contribution in [0.2, 0.25) is 0 Å². The number of carbonyl (C=O) groups is 3. The first-order valence-corrected chi connectivity index (χ1v) is 8.56. The molecular formula is C20H21N3O6. The second kappa shape index (κ2) is 11.1. The maximum absolute atomic E-state index is 12.1. The Morgan fingerprint density at radius 2 is 1.86 bits per heavy atom. The van der Waals surface area contributed by atoms with E-state index in [1.807, 2.05) is 0 Å². The van der Waals surface area contributed by atoms with Crippen molar-refractivity contribution < 1.29 is 28.6 Å². The Hall–Kier alpha value is -3.88. The zero-order chi connectivity index (χ0) is 21.1. The minimum atomic E-state index is -0.498. The number of methoxy groups -OCH3 is 2. The van der Waals surface area contributed by atoms with Crippen LogP contribution in [0.25, 0.3) is 0 Å². The fourth-order valence-electron chi connectivity index (χ4n) is 2.19. The van der Waals surface area contributed by atoms with Gasteiger partial charge in [0.25, 0.3) is 11.8 Å². The van der Waals surface area contributed by atoms with Crippen LogP contribution in [-0.4, -0.2) is 51.4 Å². The molecule has 2 N–H and O–H groups in total. The molecule has 0 unspecified atom stereocenters. The topological polar surface area (TPSA) is 115 Å². The number of nitrogens with zero attached hydrogens (tertiary/aromatic N) is 1. The Balaban J connectivity index is 1.82. The smallest absolute Gasteiger partial charge is 0.343 e. The highest BCUT2D eigenvalue weighted by Gasteiger charge is 2.12. The predicted octanol–water partition coefficient (Wildman–Crippen LogP) is 1.13. The summed E-state index contributed by atoms with van der Waals surface area (Å²) < 4.78 is 14.9. The van der Waals surface area contributed by atoms with Gasteiger partial charge in [-0.05, 0) is 29.8 Å². The molecule has 0 heterocycles. The van der Waals surface area contributed by atoms with E-state index in [9.17, 15) is 14.4 Å². The predicted molar refractivity (Wildman–Crippen MR) is 105 cm³/mol. The number of para-hydroxylation sites is 1. The van der Waals surface area contributed by atoms with Crippen LogP contribution >= 0.6 is 0 Å². The molecule has 2 rings (SSSR count). The third-order valence-electron chi connectivity index (χ3n) is 3.61. The maximum Gasteiger partial charge on any atom is 0.343 e. The molecule has 0 aliphatic carbocycles. The fraction of sp³-hybridized carbons (Fsp3) is 0.200. The molecule has 2 amide bonds. The van der Waals surface area contributed by atoms with Crippen molar-refractivity contribution in [2.75, 3.05) is 27.4 Å². The molecule has 0 bridgehead atoms. The van der Waals surface area contributed by atoms with Crippen LogP contribution in [0.15, 0.2) is 53.6 Å². The lowest BCUT2D eigenvalue weighted by molar-refractivity contribution is -0.142. The summed E-state index contributed by atoms with van der Waals surface area (Å²) >= 11 is 0. The first-order chi connectivity index (χ1) is 14.0. The van der Waals surface area contributed by atoms with Crippen LogP contribution in [0, 0.1) is 0 Å². The van der Waals surface area contributed by atoms with Gasteiger partial charge in [0.05, 0.1) is 32.5 Å². The van der Waals surface area contributed by atoms with Crippen molar-refractivity contribution in [3.8, 4) is 11.5 Å². The lowest BCUT2D eigenvalue weighted by Gasteiger charge is -2.08. The van der Waals surface area contributed by atoms with Crippen molar-refractivity contribution in [1.29, 1.82) is 0 Å². The molecule has 2 aromatic rings. The van der Waals surface area contributed by atoms with E-state index >= 15 is 0 Å². The van der Waals surface area contributed by atoms with E-state index in [1.54, 1.807) is 48.5 Å². The van der Waals surface area contributed by atoms with Gasteiger partial charge in [-0.15, -0.1) is 0 Å². The van der Waals surface area contributed by atoms with Gasteiger partial charge in [0.15, 0.2) is 6.61 Å². The number of esters is 1. The number of hydrogen-bond acceptors (Lipinski definition) is 7. The van der Waals surface area contributed by atoms with Crippen molar-refractivity contribution in [3.63, 3.8) is 0 Å². The van der Waals surface area contributed by atoms with Crippen molar-refractivity contribution in [2.24, 2.45) is 5.10 Å². The van der Waals surface area contributed by atoms with Gasteiger partial charge in [-0.3, -0.25) is 9.59 Å². The summed E-state index contributed by atoms with van der Waals surface area (Å²) in [6.45, 7) is -0.462. The number of carbonyl (C=O) groups excluding carboxylic acids is 3. The second-order valence-corrected chi connectivity index (χ2v) is 5.61. The quantitative estimate of drug-likeness (QED) is 0.371. The number of ether oxygens (including phenoxy) is 3. The van der Waals surface area contributed by atoms with Gasteiger partial charge in [0, 0.05) is 0 Å². The van der Waals surface area contributed by atoms with E-state index in [0.29, 0.717) is 22.6 Å². The van der Waals surface area contributed by atoms with Crippen LogP contribution in [-0.2, 0) is 14.3 Å². The monoisotopic (exact) mass is 399 g/mol. The van der Waals surface area contributed by atoms with E-state index < -0.39 is 17.8 Å². The summed E-state index contributed by atoms with van der Waals surface area (Å²) in [4.78, 5) is 35.1. The largest absolute Gasteiger partial charge is 0.496 e. The summed E-state index contributed by atoms with van der Waals surface area (Å²) in [6, 6.07) is 13.5. The summed E-state index contributed by atoms with van der Waals surface area (Å²) in [5.74, 6) is -0.557. The molecule has 0 aliphatic rings. The van der Waals surface area contributed by atoms with Gasteiger partial charge in [-0.1, -0.05) is 24.3 Å². The lowest BCUT2D eigenvalue weighted by Crippen LogP contribution is -2.35. The first-order valence-electron chi connectivity index (χ1n) is 8.56. The molecule has 0 atom stereocenters. The number of benzene rings is 2. The molecule has 2 aromatic carbocycles. The summed E-state index contributed by atoms with van der Waals surface area (Å²) in [5.41, 5.74) is 3.29. The van der Waals surface area contributed by atoms with E-state index in [1.165, 1.54) is 20.4 Å². The Morgan fingerprint density at radius 1 is 1.07 bits per heavy atom. The van der Waals surface area contributed by atoms with Gasteiger partial charge >= 0.3 is 5.97 Å².